The van der Waals surface area contributed by atoms with Gasteiger partial charge in [-0.3, -0.25) is 9.59 Å². The molecule has 2 heterocycles. The number of nitrogens with one attached hydrogen (secondary N) is 2. The molecule has 0 radical (unpaired) electrons. The number of aliphatic hydroxyl groups is 1. The summed E-state index contributed by atoms with van der Waals surface area (Å²) in [5.74, 6) is 1.43. The Labute approximate surface area is 189 Å². The summed E-state index contributed by atoms with van der Waals surface area (Å²) in [6.07, 6.45) is 8.53. The minimum Gasteiger partial charge on any atom is -0.487 e. The van der Waals surface area contributed by atoms with Crippen molar-refractivity contribution < 1.29 is 24.2 Å². The van der Waals surface area contributed by atoms with Gasteiger partial charge >= 0.3 is 0 Å². The number of anilines is 1. The average Bonchev–Trinajstić information content (AvgIpc) is 3.52. The van der Waals surface area contributed by atoms with Crippen LogP contribution < -0.4 is 15.4 Å². The van der Waals surface area contributed by atoms with E-state index in [0.29, 0.717) is 25.2 Å². The van der Waals surface area contributed by atoms with Crippen LogP contribution in [-0.2, 0) is 14.3 Å². The predicted octanol–water partition coefficient (Wildman–Crippen LogP) is 3.26. The molecular formula is C25H34N2O5. The molecule has 1 aromatic rings. The SMILES string of the molecule is O=C(CC1CC1)Nc1ccc2c(c1)[C@@H]1C[C@H](CC(=O)NC3CCCCC3)O[C@@H](CO)[C@@H]1O2. The van der Waals surface area contributed by atoms with Crippen molar-refractivity contribution in [2.75, 3.05) is 11.9 Å². The van der Waals surface area contributed by atoms with Gasteiger partial charge in [-0.05, 0) is 56.2 Å². The molecule has 1 aromatic carbocycles. The van der Waals surface area contributed by atoms with Gasteiger partial charge < -0.3 is 25.2 Å². The highest BCUT2D eigenvalue weighted by Gasteiger charge is 2.46. The Morgan fingerprint density at radius 3 is 2.59 bits per heavy atom. The minimum atomic E-state index is -0.471. The maximum absolute atomic E-state index is 12.6. The lowest BCUT2D eigenvalue weighted by Crippen LogP contribution is -2.48. The Morgan fingerprint density at radius 2 is 1.84 bits per heavy atom. The summed E-state index contributed by atoms with van der Waals surface area (Å²) in [6, 6.07) is 6.02. The first-order valence-corrected chi connectivity index (χ1v) is 12.2. The molecule has 7 heteroatoms. The third-order valence-electron chi connectivity index (χ3n) is 7.34. The summed E-state index contributed by atoms with van der Waals surface area (Å²) in [5, 5.41) is 16.1. The molecule has 2 aliphatic carbocycles. The van der Waals surface area contributed by atoms with Gasteiger partial charge in [-0.2, -0.15) is 0 Å². The van der Waals surface area contributed by atoms with Crippen molar-refractivity contribution in [3.8, 4) is 5.75 Å². The number of hydrogen-bond acceptors (Lipinski definition) is 5. The number of ether oxygens (including phenoxy) is 2. The van der Waals surface area contributed by atoms with Crippen molar-refractivity contribution >= 4 is 17.5 Å². The molecule has 1 saturated heterocycles. The van der Waals surface area contributed by atoms with Gasteiger partial charge in [0.1, 0.15) is 18.0 Å². The van der Waals surface area contributed by atoms with Crippen molar-refractivity contribution in [2.24, 2.45) is 5.92 Å². The molecule has 2 amide bonds. The number of fused-ring (bicyclic) bond motifs is 3. The average molecular weight is 443 g/mol. The van der Waals surface area contributed by atoms with Crippen LogP contribution in [0.25, 0.3) is 0 Å². The van der Waals surface area contributed by atoms with Crippen molar-refractivity contribution in [1.82, 2.24) is 5.32 Å². The lowest BCUT2D eigenvalue weighted by atomic mass is 9.84. The van der Waals surface area contributed by atoms with Crippen LogP contribution in [0.5, 0.6) is 5.75 Å². The van der Waals surface area contributed by atoms with E-state index in [9.17, 15) is 14.7 Å². The third kappa shape index (κ3) is 4.94. The van der Waals surface area contributed by atoms with Crippen LogP contribution in [0.2, 0.25) is 0 Å². The minimum absolute atomic E-state index is 0.0252. The first-order valence-electron chi connectivity index (χ1n) is 12.2. The number of carbonyl (C=O) groups excluding carboxylic acids is 2. The highest BCUT2D eigenvalue weighted by molar-refractivity contribution is 5.91. The van der Waals surface area contributed by atoms with Crippen LogP contribution in [0.4, 0.5) is 5.69 Å². The van der Waals surface area contributed by atoms with Crippen molar-refractivity contribution in [3.63, 3.8) is 0 Å². The normalized spacial score (nSPS) is 29.5. The lowest BCUT2D eigenvalue weighted by Gasteiger charge is -2.37. The van der Waals surface area contributed by atoms with Gasteiger partial charge in [-0.25, -0.2) is 0 Å². The fraction of sp³-hybridized carbons (Fsp3) is 0.680. The van der Waals surface area contributed by atoms with Gasteiger partial charge in [-0.1, -0.05) is 19.3 Å². The molecule has 7 nitrogen and oxygen atoms in total. The van der Waals surface area contributed by atoms with Crippen LogP contribution in [0.15, 0.2) is 18.2 Å². The van der Waals surface area contributed by atoms with Crippen LogP contribution >= 0.6 is 0 Å². The molecule has 3 fully saturated rings. The molecule has 174 valence electrons. The van der Waals surface area contributed by atoms with Crippen LogP contribution in [0, 0.1) is 5.92 Å². The van der Waals surface area contributed by atoms with E-state index in [0.717, 1.165) is 42.7 Å². The molecule has 4 aliphatic rings. The molecule has 2 aliphatic heterocycles. The monoisotopic (exact) mass is 442 g/mol. The van der Waals surface area contributed by atoms with Gasteiger partial charge in [0.25, 0.3) is 0 Å². The van der Waals surface area contributed by atoms with E-state index in [2.05, 4.69) is 10.6 Å². The standard InChI is InChI=1S/C25H34N2O5/c28-14-22-25-20(12-18(31-22)13-24(30)26-16-4-2-1-3-5-16)19-11-17(8-9-21(19)32-25)27-23(29)10-15-6-7-15/h8-9,11,15-16,18,20,22,25,28H,1-7,10,12-14H2,(H,26,30)(H,27,29)/t18-,20+,22+,25-/m1/s1. The Morgan fingerprint density at radius 1 is 1.03 bits per heavy atom. The van der Waals surface area contributed by atoms with E-state index in [1.165, 1.54) is 19.3 Å². The fourth-order valence-electron chi connectivity index (χ4n) is 5.50. The number of amides is 2. The van der Waals surface area contributed by atoms with E-state index in [1.807, 2.05) is 18.2 Å². The van der Waals surface area contributed by atoms with Crippen molar-refractivity contribution in [1.29, 1.82) is 0 Å². The fourth-order valence-corrected chi connectivity index (χ4v) is 5.50. The second-order valence-corrected chi connectivity index (χ2v) is 9.96. The van der Waals surface area contributed by atoms with Gasteiger partial charge in [0.2, 0.25) is 11.8 Å². The zero-order chi connectivity index (χ0) is 22.1. The van der Waals surface area contributed by atoms with Crippen molar-refractivity contribution in [2.45, 2.75) is 94.5 Å². The molecule has 5 rings (SSSR count). The zero-order valence-electron chi connectivity index (χ0n) is 18.6. The Bertz CT molecular complexity index is 849. The molecular weight excluding hydrogens is 408 g/mol. The van der Waals surface area contributed by atoms with E-state index < -0.39 is 6.10 Å². The summed E-state index contributed by atoms with van der Waals surface area (Å²) in [6.45, 7) is -0.152. The maximum atomic E-state index is 12.6. The Hall–Kier alpha value is -2.12. The first-order chi connectivity index (χ1) is 15.6. The van der Waals surface area contributed by atoms with Gasteiger partial charge in [0, 0.05) is 29.6 Å². The number of carbonyl (C=O) groups is 2. The van der Waals surface area contributed by atoms with E-state index >= 15 is 0 Å². The van der Waals surface area contributed by atoms with Crippen LogP contribution in [0.1, 0.15) is 75.7 Å². The summed E-state index contributed by atoms with van der Waals surface area (Å²) in [5.41, 5.74) is 1.80. The van der Waals surface area contributed by atoms with E-state index in [-0.39, 0.29) is 42.6 Å². The first kappa shape index (κ1) is 21.7. The van der Waals surface area contributed by atoms with Crippen molar-refractivity contribution in [3.05, 3.63) is 23.8 Å². The largest absolute Gasteiger partial charge is 0.487 e. The number of aliphatic hydroxyl groups excluding tert-OH is 1. The second-order valence-electron chi connectivity index (χ2n) is 9.96. The second kappa shape index (κ2) is 9.40. The summed E-state index contributed by atoms with van der Waals surface area (Å²) in [4.78, 5) is 24.9. The topological polar surface area (TPSA) is 96.9 Å². The van der Waals surface area contributed by atoms with E-state index in [1.54, 1.807) is 0 Å². The summed E-state index contributed by atoms with van der Waals surface area (Å²) >= 11 is 0. The lowest BCUT2D eigenvalue weighted by molar-refractivity contribution is -0.142. The number of rotatable bonds is 7. The number of hydrogen-bond donors (Lipinski definition) is 3. The quantitative estimate of drug-likeness (QED) is 0.602. The maximum Gasteiger partial charge on any atom is 0.224 e. The zero-order valence-corrected chi connectivity index (χ0v) is 18.6. The molecule has 2 saturated carbocycles. The summed E-state index contributed by atoms with van der Waals surface area (Å²) in [7, 11) is 0. The molecule has 3 N–H and O–H groups in total. The summed E-state index contributed by atoms with van der Waals surface area (Å²) < 4.78 is 12.2. The molecule has 0 aromatic heterocycles. The van der Waals surface area contributed by atoms with Crippen LogP contribution in [0.3, 0.4) is 0 Å². The highest BCUT2D eigenvalue weighted by Crippen LogP contribution is 2.47. The predicted molar refractivity (Wildman–Crippen MR) is 120 cm³/mol. The molecule has 32 heavy (non-hydrogen) atoms. The highest BCUT2D eigenvalue weighted by atomic mass is 16.6. The Balaban J connectivity index is 1.24. The molecule has 0 unspecified atom stereocenters. The third-order valence-corrected chi connectivity index (χ3v) is 7.34. The van der Waals surface area contributed by atoms with Gasteiger partial charge in [-0.15, -0.1) is 0 Å². The van der Waals surface area contributed by atoms with E-state index in [4.69, 9.17) is 9.47 Å². The van der Waals surface area contributed by atoms with Crippen LogP contribution in [-0.4, -0.2) is 47.9 Å². The molecule has 0 spiro atoms. The molecule has 0 bridgehead atoms. The van der Waals surface area contributed by atoms with Gasteiger partial charge in [0.05, 0.1) is 19.1 Å². The number of benzene rings is 1. The van der Waals surface area contributed by atoms with Gasteiger partial charge in [0.15, 0.2) is 0 Å². The Kier molecular flexibility index (Phi) is 6.37. The smallest absolute Gasteiger partial charge is 0.224 e. The molecule has 4 atom stereocenters.